The van der Waals surface area contributed by atoms with Crippen molar-refractivity contribution in [2.45, 2.75) is 33.2 Å². The van der Waals surface area contributed by atoms with E-state index in [2.05, 4.69) is 24.4 Å². The van der Waals surface area contributed by atoms with Crippen LogP contribution in [0.5, 0.6) is 5.75 Å². The van der Waals surface area contributed by atoms with Gasteiger partial charge in [0.15, 0.2) is 0 Å². The van der Waals surface area contributed by atoms with E-state index in [9.17, 15) is 0 Å². The maximum absolute atomic E-state index is 5.44. The Morgan fingerprint density at radius 3 is 2.53 bits per heavy atom. The van der Waals surface area contributed by atoms with E-state index >= 15 is 0 Å². The van der Waals surface area contributed by atoms with Crippen LogP contribution >= 0.6 is 0 Å². The van der Waals surface area contributed by atoms with Crippen molar-refractivity contribution in [3.05, 3.63) is 29.8 Å². The molecule has 106 valence electrons. The quantitative estimate of drug-likeness (QED) is 0.856. The highest BCUT2D eigenvalue weighted by atomic mass is 16.5. The second-order valence-electron chi connectivity index (χ2n) is 5.60. The fourth-order valence-electron chi connectivity index (χ4n) is 2.42. The summed E-state index contributed by atoms with van der Waals surface area (Å²) in [6.45, 7) is 8.86. The van der Waals surface area contributed by atoms with Gasteiger partial charge in [0.05, 0.1) is 6.61 Å². The lowest BCUT2D eigenvalue weighted by molar-refractivity contribution is 0.0240. The highest BCUT2D eigenvalue weighted by Gasteiger charge is 2.26. The van der Waals surface area contributed by atoms with Gasteiger partial charge in [-0.1, -0.05) is 19.1 Å². The van der Waals surface area contributed by atoms with Crippen LogP contribution < -0.4 is 10.1 Å². The molecule has 0 aliphatic carbocycles. The molecule has 3 nitrogen and oxygen atoms in total. The first-order valence-electron chi connectivity index (χ1n) is 7.22. The topological polar surface area (TPSA) is 30.5 Å². The molecule has 0 aromatic heterocycles. The van der Waals surface area contributed by atoms with Gasteiger partial charge >= 0.3 is 0 Å². The Hall–Kier alpha value is -1.06. The van der Waals surface area contributed by atoms with E-state index in [-0.39, 0.29) is 0 Å². The van der Waals surface area contributed by atoms with E-state index in [4.69, 9.17) is 9.47 Å². The van der Waals surface area contributed by atoms with Gasteiger partial charge < -0.3 is 14.8 Å². The van der Waals surface area contributed by atoms with E-state index in [0.717, 1.165) is 51.5 Å². The van der Waals surface area contributed by atoms with Gasteiger partial charge in [0.2, 0.25) is 0 Å². The van der Waals surface area contributed by atoms with E-state index in [0.29, 0.717) is 5.41 Å². The third-order valence-corrected chi connectivity index (χ3v) is 3.82. The molecule has 1 fully saturated rings. The summed E-state index contributed by atoms with van der Waals surface area (Å²) >= 11 is 0. The summed E-state index contributed by atoms with van der Waals surface area (Å²) in [4.78, 5) is 0. The maximum Gasteiger partial charge on any atom is 0.119 e. The molecule has 1 saturated heterocycles. The zero-order chi connectivity index (χ0) is 13.6. The van der Waals surface area contributed by atoms with Crippen molar-refractivity contribution in [3.8, 4) is 5.75 Å². The molecular formula is C16H25NO2. The zero-order valence-electron chi connectivity index (χ0n) is 12.1. The lowest BCUT2D eigenvalue weighted by atomic mass is 9.82. The standard InChI is InChI=1S/C16H25NO2/c1-3-19-15-6-4-14(5-7-15)12-17-13-16(2)8-10-18-11-9-16/h4-7,17H,3,8-13H2,1-2H3. The molecule has 1 aromatic rings. The van der Waals surface area contributed by atoms with Crippen LogP contribution in [0.15, 0.2) is 24.3 Å². The monoisotopic (exact) mass is 263 g/mol. The molecule has 1 N–H and O–H groups in total. The molecule has 0 radical (unpaired) electrons. The Morgan fingerprint density at radius 2 is 1.89 bits per heavy atom. The lowest BCUT2D eigenvalue weighted by Gasteiger charge is -2.33. The second-order valence-corrected chi connectivity index (χ2v) is 5.60. The predicted octanol–water partition coefficient (Wildman–Crippen LogP) is 2.99. The number of rotatable bonds is 6. The number of hydrogen-bond acceptors (Lipinski definition) is 3. The Morgan fingerprint density at radius 1 is 1.21 bits per heavy atom. The molecule has 1 heterocycles. The molecule has 2 rings (SSSR count). The van der Waals surface area contributed by atoms with Crippen molar-refractivity contribution in [2.24, 2.45) is 5.41 Å². The predicted molar refractivity (Wildman–Crippen MR) is 77.5 cm³/mol. The van der Waals surface area contributed by atoms with Crippen LogP contribution in [0.4, 0.5) is 0 Å². The van der Waals surface area contributed by atoms with Crippen molar-refractivity contribution >= 4 is 0 Å². The Labute approximate surface area is 116 Å². The van der Waals surface area contributed by atoms with E-state index in [1.165, 1.54) is 5.56 Å². The molecule has 0 unspecified atom stereocenters. The van der Waals surface area contributed by atoms with Crippen LogP contribution in [-0.2, 0) is 11.3 Å². The smallest absolute Gasteiger partial charge is 0.119 e. The minimum absolute atomic E-state index is 0.392. The van der Waals surface area contributed by atoms with Crippen molar-refractivity contribution in [1.82, 2.24) is 5.32 Å². The lowest BCUT2D eigenvalue weighted by Crippen LogP contribution is -2.36. The number of benzene rings is 1. The average molecular weight is 263 g/mol. The van der Waals surface area contributed by atoms with Crippen LogP contribution in [0.2, 0.25) is 0 Å². The van der Waals surface area contributed by atoms with Gasteiger partial charge in [0.25, 0.3) is 0 Å². The van der Waals surface area contributed by atoms with Gasteiger partial charge in [-0.2, -0.15) is 0 Å². The van der Waals surface area contributed by atoms with Crippen LogP contribution in [0.1, 0.15) is 32.3 Å². The number of hydrogen-bond donors (Lipinski definition) is 1. The third kappa shape index (κ3) is 4.51. The minimum Gasteiger partial charge on any atom is -0.494 e. The Kier molecular flexibility index (Phi) is 5.23. The molecule has 19 heavy (non-hydrogen) atoms. The van der Waals surface area contributed by atoms with Gasteiger partial charge in [0.1, 0.15) is 5.75 Å². The first kappa shape index (κ1) is 14.4. The normalized spacial score (nSPS) is 18.2. The van der Waals surface area contributed by atoms with Gasteiger partial charge in [-0.15, -0.1) is 0 Å². The first-order chi connectivity index (χ1) is 9.22. The van der Waals surface area contributed by atoms with Crippen LogP contribution in [0.25, 0.3) is 0 Å². The highest BCUT2D eigenvalue weighted by Crippen LogP contribution is 2.28. The van der Waals surface area contributed by atoms with Gasteiger partial charge in [-0.05, 0) is 42.9 Å². The summed E-state index contributed by atoms with van der Waals surface area (Å²) in [7, 11) is 0. The van der Waals surface area contributed by atoms with Crippen LogP contribution in [0.3, 0.4) is 0 Å². The molecule has 0 atom stereocenters. The second kappa shape index (κ2) is 6.92. The van der Waals surface area contributed by atoms with Crippen molar-refractivity contribution in [2.75, 3.05) is 26.4 Å². The maximum atomic E-state index is 5.44. The third-order valence-electron chi connectivity index (χ3n) is 3.82. The summed E-state index contributed by atoms with van der Waals surface area (Å²) < 4.78 is 10.9. The molecule has 0 bridgehead atoms. The molecule has 0 spiro atoms. The zero-order valence-corrected chi connectivity index (χ0v) is 12.1. The molecule has 1 aromatic carbocycles. The minimum atomic E-state index is 0.392. The molecular weight excluding hydrogens is 238 g/mol. The SMILES string of the molecule is CCOc1ccc(CNCC2(C)CCOCC2)cc1. The molecule has 0 saturated carbocycles. The summed E-state index contributed by atoms with van der Waals surface area (Å²) in [5.74, 6) is 0.947. The van der Waals surface area contributed by atoms with E-state index < -0.39 is 0 Å². The van der Waals surface area contributed by atoms with Crippen molar-refractivity contribution < 1.29 is 9.47 Å². The molecule has 0 amide bonds. The van der Waals surface area contributed by atoms with Crippen LogP contribution in [-0.4, -0.2) is 26.4 Å². The summed E-state index contributed by atoms with van der Waals surface area (Å²) in [6, 6.07) is 8.34. The highest BCUT2D eigenvalue weighted by molar-refractivity contribution is 5.27. The fourth-order valence-corrected chi connectivity index (χ4v) is 2.42. The van der Waals surface area contributed by atoms with Crippen molar-refractivity contribution in [1.29, 1.82) is 0 Å². The van der Waals surface area contributed by atoms with Gasteiger partial charge in [-0.3, -0.25) is 0 Å². The van der Waals surface area contributed by atoms with Crippen LogP contribution in [0, 0.1) is 5.41 Å². The Balaban J connectivity index is 1.75. The van der Waals surface area contributed by atoms with E-state index in [1.807, 2.05) is 19.1 Å². The molecule has 1 aliphatic rings. The summed E-state index contributed by atoms with van der Waals surface area (Å²) in [6.07, 6.45) is 2.31. The average Bonchev–Trinajstić information content (AvgIpc) is 2.42. The number of ether oxygens (including phenoxy) is 2. The molecule has 3 heteroatoms. The molecule has 1 aliphatic heterocycles. The largest absolute Gasteiger partial charge is 0.494 e. The van der Waals surface area contributed by atoms with Crippen molar-refractivity contribution in [3.63, 3.8) is 0 Å². The van der Waals surface area contributed by atoms with Gasteiger partial charge in [-0.25, -0.2) is 0 Å². The number of nitrogens with one attached hydrogen (secondary N) is 1. The summed E-state index contributed by atoms with van der Waals surface area (Å²) in [5, 5.41) is 3.57. The van der Waals surface area contributed by atoms with Gasteiger partial charge in [0, 0.05) is 26.3 Å². The first-order valence-corrected chi connectivity index (χ1v) is 7.22. The Bertz CT molecular complexity index is 369. The summed E-state index contributed by atoms with van der Waals surface area (Å²) in [5.41, 5.74) is 1.70. The van der Waals surface area contributed by atoms with E-state index in [1.54, 1.807) is 0 Å². The fraction of sp³-hybridized carbons (Fsp3) is 0.625.